The lowest BCUT2D eigenvalue weighted by atomic mass is 10.0. The highest BCUT2D eigenvalue weighted by Crippen LogP contribution is 2.36. The van der Waals surface area contributed by atoms with Crippen LogP contribution in [0.4, 0.5) is 9.18 Å². The number of nitrogens with one attached hydrogen (secondary N) is 3. The smallest absolute Gasteiger partial charge is 0.422 e. The molecule has 37 heavy (non-hydrogen) atoms. The third-order valence-corrected chi connectivity index (χ3v) is 8.05. The Morgan fingerprint density at radius 1 is 1.19 bits per heavy atom. The molecule has 1 aromatic carbocycles. The van der Waals surface area contributed by atoms with E-state index in [1.54, 1.807) is 24.4 Å². The quantitative estimate of drug-likeness (QED) is 0.448. The third kappa shape index (κ3) is 5.45. The molecule has 1 amide bonds. The number of amides is 1. The van der Waals surface area contributed by atoms with Crippen molar-refractivity contribution in [2.24, 2.45) is 0 Å². The summed E-state index contributed by atoms with van der Waals surface area (Å²) >= 11 is 0. The molecule has 5 rings (SSSR count). The lowest BCUT2D eigenvalue weighted by Crippen LogP contribution is -2.46. The van der Waals surface area contributed by atoms with Crippen molar-refractivity contribution in [3.8, 4) is 16.9 Å². The average molecular weight is 530 g/mol. The average Bonchev–Trinajstić information content (AvgIpc) is 3.33. The fourth-order valence-corrected chi connectivity index (χ4v) is 5.69. The van der Waals surface area contributed by atoms with Gasteiger partial charge in [0.2, 0.25) is 0 Å². The number of carbonyl (C=O) groups is 1. The largest absolute Gasteiger partial charge is 0.496 e. The Balaban J connectivity index is 1.32. The normalized spacial score (nSPS) is 17.4. The SMILES string of the molecule is COc1ccc(F)cc1-c1ccnc2[nH]c(C3=CCN(S(=O)(=O)NC(=O)OC4CCNCC4)CC3)cc12. The van der Waals surface area contributed by atoms with Crippen LogP contribution in [0.3, 0.4) is 0 Å². The van der Waals surface area contributed by atoms with Crippen molar-refractivity contribution in [3.05, 3.63) is 54.1 Å². The molecule has 0 atom stereocenters. The highest BCUT2D eigenvalue weighted by molar-refractivity contribution is 7.87. The maximum atomic E-state index is 14.0. The summed E-state index contributed by atoms with van der Waals surface area (Å²) in [5.41, 5.74) is 3.70. The van der Waals surface area contributed by atoms with Gasteiger partial charge in [-0.15, -0.1) is 0 Å². The molecule has 0 unspecified atom stereocenters. The summed E-state index contributed by atoms with van der Waals surface area (Å²) in [5.74, 6) is 0.168. The summed E-state index contributed by atoms with van der Waals surface area (Å²) < 4.78 is 53.4. The third-order valence-electron chi connectivity index (χ3n) is 6.61. The number of halogens is 1. The first-order valence-electron chi connectivity index (χ1n) is 12.0. The summed E-state index contributed by atoms with van der Waals surface area (Å²) in [4.78, 5) is 19.8. The second kappa shape index (κ2) is 10.5. The van der Waals surface area contributed by atoms with Gasteiger partial charge in [-0.05, 0) is 73.8 Å². The van der Waals surface area contributed by atoms with Crippen molar-refractivity contribution in [1.82, 2.24) is 24.3 Å². The minimum Gasteiger partial charge on any atom is -0.496 e. The number of aromatic amines is 1. The van der Waals surface area contributed by atoms with Gasteiger partial charge in [-0.1, -0.05) is 6.08 Å². The van der Waals surface area contributed by atoms with E-state index in [1.165, 1.54) is 23.5 Å². The monoisotopic (exact) mass is 529 g/mol. The fourth-order valence-electron chi connectivity index (χ4n) is 4.70. The van der Waals surface area contributed by atoms with Gasteiger partial charge in [0.25, 0.3) is 0 Å². The Morgan fingerprint density at radius 3 is 2.73 bits per heavy atom. The van der Waals surface area contributed by atoms with Crippen LogP contribution in [0.5, 0.6) is 5.75 Å². The first kappa shape index (κ1) is 25.2. The summed E-state index contributed by atoms with van der Waals surface area (Å²) in [5, 5.41) is 3.95. The van der Waals surface area contributed by atoms with Crippen LogP contribution in [0.1, 0.15) is 25.0 Å². The van der Waals surface area contributed by atoms with E-state index in [0.717, 1.165) is 35.3 Å². The number of rotatable bonds is 6. The van der Waals surface area contributed by atoms with Crippen molar-refractivity contribution in [1.29, 1.82) is 0 Å². The lowest BCUT2D eigenvalue weighted by molar-refractivity contribution is 0.0836. The molecule has 2 aromatic heterocycles. The van der Waals surface area contributed by atoms with Gasteiger partial charge in [-0.25, -0.2) is 18.9 Å². The van der Waals surface area contributed by atoms with Crippen molar-refractivity contribution < 1.29 is 27.1 Å². The Kier molecular flexibility index (Phi) is 7.13. The van der Waals surface area contributed by atoms with E-state index < -0.39 is 16.3 Å². The van der Waals surface area contributed by atoms with E-state index in [-0.39, 0.29) is 25.0 Å². The standard InChI is InChI=1S/C25H28FN5O5S/c1-35-23-3-2-17(26)14-20(23)19-6-11-28-24-21(19)15-22(29-24)16-7-12-31(13-8-16)37(33,34)30-25(32)36-18-4-9-27-10-5-18/h2-3,6-7,11,14-15,18,27H,4-5,8-10,12-13H2,1H3,(H,28,29)(H,30,32). The summed E-state index contributed by atoms with van der Waals surface area (Å²) in [6.45, 7) is 1.74. The number of H-pyrrole nitrogens is 1. The molecule has 0 spiro atoms. The van der Waals surface area contributed by atoms with Crippen LogP contribution < -0.4 is 14.8 Å². The zero-order valence-corrected chi connectivity index (χ0v) is 21.1. The van der Waals surface area contributed by atoms with Gasteiger partial charge in [-0.3, -0.25) is 0 Å². The minimum atomic E-state index is -4.04. The van der Waals surface area contributed by atoms with Crippen LogP contribution in [0.25, 0.3) is 27.7 Å². The summed E-state index contributed by atoms with van der Waals surface area (Å²) in [7, 11) is -2.51. The number of carbonyl (C=O) groups excluding carboxylic acids is 1. The number of hydrogen-bond donors (Lipinski definition) is 3. The lowest BCUT2D eigenvalue weighted by Gasteiger charge is -2.26. The van der Waals surface area contributed by atoms with Gasteiger partial charge < -0.3 is 19.8 Å². The Labute approximate surface area is 214 Å². The molecule has 3 aromatic rings. The Morgan fingerprint density at radius 2 is 2.00 bits per heavy atom. The van der Waals surface area contributed by atoms with Crippen molar-refractivity contribution >= 4 is 32.9 Å². The van der Waals surface area contributed by atoms with Gasteiger partial charge in [0, 0.05) is 35.9 Å². The predicted octanol–water partition coefficient (Wildman–Crippen LogP) is 3.19. The molecule has 12 heteroatoms. The van der Waals surface area contributed by atoms with Crippen LogP contribution >= 0.6 is 0 Å². The molecule has 2 aliphatic rings. The number of pyridine rings is 1. The molecule has 3 N–H and O–H groups in total. The second-order valence-corrected chi connectivity index (χ2v) is 10.6. The molecule has 0 saturated carbocycles. The number of aromatic nitrogens is 2. The first-order valence-corrected chi connectivity index (χ1v) is 13.5. The molecular weight excluding hydrogens is 501 g/mol. The maximum Gasteiger partial charge on any atom is 0.422 e. The molecule has 10 nitrogen and oxygen atoms in total. The van der Waals surface area contributed by atoms with E-state index >= 15 is 0 Å². The van der Waals surface area contributed by atoms with Crippen molar-refractivity contribution in [3.63, 3.8) is 0 Å². The van der Waals surface area contributed by atoms with Crippen molar-refractivity contribution in [2.75, 3.05) is 33.3 Å². The Bertz CT molecular complexity index is 1450. The zero-order valence-electron chi connectivity index (χ0n) is 20.3. The number of nitrogens with zero attached hydrogens (tertiary/aromatic N) is 2. The highest BCUT2D eigenvalue weighted by Gasteiger charge is 2.29. The predicted molar refractivity (Wildman–Crippen MR) is 137 cm³/mol. The first-order chi connectivity index (χ1) is 17.8. The van der Waals surface area contributed by atoms with Gasteiger partial charge >= 0.3 is 16.3 Å². The van der Waals surface area contributed by atoms with E-state index in [4.69, 9.17) is 9.47 Å². The van der Waals surface area contributed by atoms with Crippen LogP contribution in [0, 0.1) is 5.82 Å². The highest BCUT2D eigenvalue weighted by atomic mass is 32.2. The molecule has 4 heterocycles. The van der Waals surface area contributed by atoms with Gasteiger partial charge in [0.15, 0.2) is 0 Å². The second-order valence-electron chi connectivity index (χ2n) is 8.95. The van der Waals surface area contributed by atoms with E-state index in [2.05, 4.69) is 15.3 Å². The van der Waals surface area contributed by atoms with E-state index in [1.807, 2.05) is 10.8 Å². The van der Waals surface area contributed by atoms with Gasteiger partial charge in [-0.2, -0.15) is 12.7 Å². The molecule has 1 fully saturated rings. The molecule has 196 valence electrons. The number of hydrogen-bond acceptors (Lipinski definition) is 7. The van der Waals surface area contributed by atoms with Gasteiger partial charge in [0.05, 0.1) is 7.11 Å². The fraction of sp³-hybridized carbons (Fsp3) is 0.360. The molecule has 0 bridgehead atoms. The summed E-state index contributed by atoms with van der Waals surface area (Å²) in [6.07, 6.45) is 3.91. The number of benzene rings is 1. The molecule has 2 aliphatic heterocycles. The Hall–Kier alpha value is -3.48. The molecule has 0 aliphatic carbocycles. The van der Waals surface area contributed by atoms with Crippen LogP contribution in [0.2, 0.25) is 0 Å². The molecule has 1 saturated heterocycles. The van der Waals surface area contributed by atoms with Crippen LogP contribution in [-0.2, 0) is 14.9 Å². The van der Waals surface area contributed by atoms with Crippen LogP contribution in [0.15, 0.2) is 42.6 Å². The molecule has 0 radical (unpaired) electrons. The van der Waals surface area contributed by atoms with Crippen molar-refractivity contribution in [2.45, 2.75) is 25.4 Å². The summed E-state index contributed by atoms with van der Waals surface area (Å²) in [6, 6.07) is 8.07. The number of fused-ring (bicyclic) bond motifs is 1. The van der Waals surface area contributed by atoms with E-state index in [0.29, 0.717) is 36.2 Å². The maximum absolute atomic E-state index is 14.0. The zero-order chi connectivity index (χ0) is 26.0. The minimum absolute atomic E-state index is 0.0959. The van der Waals surface area contributed by atoms with Gasteiger partial charge in [0.1, 0.15) is 23.3 Å². The molecular formula is C25H28FN5O5S. The number of methoxy groups -OCH3 is 1. The topological polar surface area (TPSA) is 126 Å². The number of piperidine rings is 1. The van der Waals surface area contributed by atoms with Crippen LogP contribution in [-0.4, -0.2) is 68.2 Å². The number of ether oxygens (including phenoxy) is 2. The van der Waals surface area contributed by atoms with E-state index in [9.17, 15) is 17.6 Å².